The fourth-order valence-electron chi connectivity index (χ4n) is 5.44. The minimum absolute atomic E-state index is 0.0896. The molecule has 0 aromatic heterocycles. The first-order chi connectivity index (χ1) is 17.7. The van der Waals surface area contributed by atoms with Crippen molar-refractivity contribution in [3.05, 3.63) is 136 Å². The van der Waals surface area contributed by atoms with E-state index >= 15 is 0 Å². The van der Waals surface area contributed by atoms with Gasteiger partial charge < -0.3 is 14.4 Å². The Labute approximate surface area is 213 Å². The van der Waals surface area contributed by atoms with Gasteiger partial charge in [-0.2, -0.15) is 0 Å². The van der Waals surface area contributed by atoms with Crippen molar-refractivity contribution in [2.24, 2.45) is 0 Å². The number of fused-ring (bicyclic) bond motifs is 4. The average Bonchev–Trinajstić information content (AvgIpc) is 3.17. The first-order valence-electron chi connectivity index (χ1n) is 12.7. The minimum Gasteiger partial charge on any atom is -0.489 e. The molecule has 0 N–H and O–H groups in total. The van der Waals surface area contributed by atoms with Crippen LogP contribution in [0.5, 0.6) is 11.5 Å². The van der Waals surface area contributed by atoms with Crippen LogP contribution in [-0.2, 0) is 13.2 Å². The SMILES string of the molecule is CN(C)CC/C=C1\c2ccccc2COc2ccc(C3c4ccccc4COc4ccccc43)cc21. The summed E-state index contributed by atoms with van der Waals surface area (Å²) in [7, 11) is 4.25. The summed E-state index contributed by atoms with van der Waals surface area (Å²) in [6.07, 6.45) is 3.36. The molecule has 0 aliphatic carbocycles. The maximum absolute atomic E-state index is 6.36. The van der Waals surface area contributed by atoms with Crippen LogP contribution in [0.15, 0.2) is 97.1 Å². The van der Waals surface area contributed by atoms with Crippen molar-refractivity contribution in [3.8, 4) is 11.5 Å². The summed E-state index contributed by atoms with van der Waals surface area (Å²) in [6.45, 7) is 2.17. The molecule has 2 heterocycles. The fourth-order valence-corrected chi connectivity index (χ4v) is 5.44. The van der Waals surface area contributed by atoms with Gasteiger partial charge in [0.15, 0.2) is 0 Å². The molecular weight excluding hydrogens is 442 g/mol. The van der Waals surface area contributed by atoms with Crippen molar-refractivity contribution in [1.82, 2.24) is 4.90 Å². The molecule has 6 rings (SSSR count). The quantitative estimate of drug-likeness (QED) is 0.317. The van der Waals surface area contributed by atoms with Crippen molar-refractivity contribution >= 4 is 5.57 Å². The highest BCUT2D eigenvalue weighted by atomic mass is 16.5. The summed E-state index contributed by atoms with van der Waals surface area (Å²) in [6, 6.07) is 32.5. The molecule has 1 atom stereocenters. The molecule has 0 amide bonds. The Balaban J connectivity index is 1.53. The number of ether oxygens (including phenoxy) is 2. The molecule has 3 heteroatoms. The third-order valence-electron chi connectivity index (χ3n) is 7.22. The third-order valence-corrected chi connectivity index (χ3v) is 7.22. The van der Waals surface area contributed by atoms with Crippen LogP contribution in [0.4, 0.5) is 0 Å². The maximum Gasteiger partial charge on any atom is 0.127 e. The van der Waals surface area contributed by atoms with Crippen molar-refractivity contribution in [2.75, 3.05) is 20.6 Å². The predicted molar refractivity (Wildman–Crippen MR) is 146 cm³/mol. The van der Waals surface area contributed by atoms with Crippen LogP contribution in [0.2, 0.25) is 0 Å². The summed E-state index contributed by atoms with van der Waals surface area (Å²) < 4.78 is 12.6. The van der Waals surface area contributed by atoms with E-state index in [1.807, 2.05) is 0 Å². The highest BCUT2D eigenvalue weighted by Gasteiger charge is 2.28. The molecule has 0 bridgehead atoms. The van der Waals surface area contributed by atoms with Crippen LogP contribution in [0.3, 0.4) is 0 Å². The minimum atomic E-state index is 0.0896. The van der Waals surface area contributed by atoms with Crippen molar-refractivity contribution in [2.45, 2.75) is 25.6 Å². The zero-order valence-corrected chi connectivity index (χ0v) is 20.9. The van der Waals surface area contributed by atoms with Gasteiger partial charge in [-0.3, -0.25) is 0 Å². The lowest BCUT2D eigenvalue weighted by Crippen LogP contribution is -2.12. The molecule has 1 unspecified atom stereocenters. The standard InChI is InChI=1S/C33H31NO2/c1-34(2)19-9-15-28-26-12-5-3-10-24(26)21-36-32-18-17-23(20-30(28)32)33-27-13-6-4-11-25(27)22-35-31-16-8-7-14-29(31)33/h3-8,10-18,20,33H,9,19,21-22H2,1-2H3/b28-15+. The highest BCUT2D eigenvalue weighted by Crippen LogP contribution is 2.44. The molecule has 4 aromatic carbocycles. The van der Waals surface area contributed by atoms with E-state index in [0.29, 0.717) is 13.2 Å². The molecule has 4 aromatic rings. The lowest BCUT2D eigenvalue weighted by molar-refractivity contribution is 0.307. The Morgan fingerprint density at radius 1 is 0.722 bits per heavy atom. The van der Waals surface area contributed by atoms with Gasteiger partial charge in [0.2, 0.25) is 0 Å². The Bertz CT molecular complexity index is 1390. The molecule has 0 saturated carbocycles. The second kappa shape index (κ2) is 9.67. The lowest BCUT2D eigenvalue weighted by Gasteiger charge is -2.22. The average molecular weight is 474 g/mol. The first kappa shape index (κ1) is 22.6. The molecular formula is C33H31NO2. The number of rotatable bonds is 4. The van der Waals surface area contributed by atoms with Gasteiger partial charge in [-0.25, -0.2) is 0 Å². The van der Waals surface area contributed by atoms with E-state index in [1.54, 1.807) is 0 Å². The van der Waals surface area contributed by atoms with Gasteiger partial charge >= 0.3 is 0 Å². The number of benzene rings is 4. The van der Waals surface area contributed by atoms with Gasteiger partial charge in [0.1, 0.15) is 24.7 Å². The highest BCUT2D eigenvalue weighted by molar-refractivity contribution is 5.85. The van der Waals surface area contributed by atoms with Gasteiger partial charge in [-0.05, 0) is 72.1 Å². The van der Waals surface area contributed by atoms with Gasteiger partial charge in [0.05, 0.1) is 0 Å². The van der Waals surface area contributed by atoms with Gasteiger partial charge in [0, 0.05) is 23.6 Å². The number of nitrogens with zero attached hydrogens (tertiary/aromatic N) is 1. The van der Waals surface area contributed by atoms with Crippen molar-refractivity contribution in [3.63, 3.8) is 0 Å². The van der Waals surface area contributed by atoms with E-state index in [1.165, 1.54) is 39.0 Å². The molecule has 0 saturated heterocycles. The normalized spacial score (nSPS) is 17.1. The number of hydrogen-bond donors (Lipinski definition) is 0. The van der Waals surface area contributed by atoms with Crippen LogP contribution >= 0.6 is 0 Å². The maximum atomic E-state index is 6.36. The molecule has 0 fully saturated rings. The predicted octanol–water partition coefficient (Wildman–Crippen LogP) is 7.04. The fraction of sp³-hybridized carbons (Fsp3) is 0.212. The summed E-state index contributed by atoms with van der Waals surface area (Å²) in [5, 5.41) is 0. The van der Waals surface area contributed by atoms with Gasteiger partial charge in [-0.15, -0.1) is 0 Å². The smallest absolute Gasteiger partial charge is 0.127 e. The largest absolute Gasteiger partial charge is 0.489 e. The topological polar surface area (TPSA) is 21.7 Å². The van der Waals surface area contributed by atoms with E-state index < -0.39 is 0 Å². The zero-order chi connectivity index (χ0) is 24.5. The van der Waals surface area contributed by atoms with E-state index in [2.05, 4.69) is 116 Å². The van der Waals surface area contributed by atoms with E-state index in [0.717, 1.165) is 30.0 Å². The summed E-state index contributed by atoms with van der Waals surface area (Å²) in [5.74, 6) is 1.99. The summed E-state index contributed by atoms with van der Waals surface area (Å²) >= 11 is 0. The Hall–Kier alpha value is -3.82. The molecule has 0 spiro atoms. The van der Waals surface area contributed by atoms with Crippen molar-refractivity contribution in [1.29, 1.82) is 0 Å². The van der Waals surface area contributed by atoms with Crippen molar-refractivity contribution < 1.29 is 9.47 Å². The van der Waals surface area contributed by atoms with E-state index in [-0.39, 0.29) is 5.92 Å². The van der Waals surface area contributed by atoms with Crippen LogP contribution < -0.4 is 9.47 Å². The first-order valence-corrected chi connectivity index (χ1v) is 12.7. The van der Waals surface area contributed by atoms with Gasteiger partial charge in [0.25, 0.3) is 0 Å². The van der Waals surface area contributed by atoms with Gasteiger partial charge in [-0.1, -0.05) is 78.9 Å². The molecule has 36 heavy (non-hydrogen) atoms. The Kier molecular flexibility index (Phi) is 6.08. The second-order valence-corrected chi connectivity index (χ2v) is 9.87. The van der Waals surface area contributed by atoms with Crippen LogP contribution in [0.1, 0.15) is 51.3 Å². The van der Waals surface area contributed by atoms with Crippen LogP contribution in [0.25, 0.3) is 5.57 Å². The molecule has 2 aliphatic rings. The van der Waals surface area contributed by atoms with Crippen LogP contribution in [0, 0.1) is 0 Å². The number of para-hydroxylation sites is 1. The Morgan fingerprint density at radius 2 is 1.42 bits per heavy atom. The second-order valence-electron chi connectivity index (χ2n) is 9.87. The lowest BCUT2D eigenvalue weighted by atomic mass is 9.81. The monoisotopic (exact) mass is 473 g/mol. The van der Waals surface area contributed by atoms with E-state index in [4.69, 9.17) is 9.47 Å². The molecule has 0 radical (unpaired) electrons. The molecule has 180 valence electrons. The molecule has 3 nitrogen and oxygen atoms in total. The van der Waals surface area contributed by atoms with E-state index in [9.17, 15) is 0 Å². The number of hydrogen-bond acceptors (Lipinski definition) is 3. The third kappa shape index (κ3) is 4.20. The summed E-state index contributed by atoms with van der Waals surface area (Å²) in [5.41, 5.74) is 9.90. The zero-order valence-electron chi connectivity index (χ0n) is 20.9. The summed E-state index contributed by atoms with van der Waals surface area (Å²) in [4.78, 5) is 2.23. The molecule has 2 aliphatic heterocycles. The van der Waals surface area contributed by atoms with Crippen LogP contribution in [-0.4, -0.2) is 25.5 Å². The Morgan fingerprint density at radius 3 is 2.28 bits per heavy atom.